The molecule has 2 rings (SSSR count). The zero-order valence-electron chi connectivity index (χ0n) is 12.9. The number of rotatable bonds is 4. The summed E-state index contributed by atoms with van der Waals surface area (Å²) in [5.74, 6) is 0.747. The van der Waals surface area contributed by atoms with Gasteiger partial charge in [-0.05, 0) is 60.7 Å². The van der Waals surface area contributed by atoms with E-state index in [9.17, 15) is 9.50 Å². The van der Waals surface area contributed by atoms with E-state index in [1.54, 1.807) is 19.1 Å². The highest BCUT2D eigenvalue weighted by molar-refractivity contribution is 5.40. The maximum Gasteiger partial charge on any atom is 0.166 e. The van der Waals surface area contributed by atoms with Crippen molar-refractivity contribution in [3.8, 4) is 11.5 Å². The van der Waals surface area contributed by atoms with Crippen molar-refractivity contribution in [2.75, 3.05) is 0 Å². The molecule has 112 valence electrons. The Balaban J connectivity index is 2.24. The topological polar surface area (TPSA) is 29.5 Å². The lowest BCUT2D eigenvalue weighted by atomic mass is 9.98. The second-order valence-corrected chi connectivity index (χ2v) is 5.64. The largest absolute Gasteiger partial charge is 0.454 e. The van der Waals surface area contributed by atoms with Crippen molar-refractivity contribution in [3.05, 3.63) is 58.9 Å². The van der Waals surface area contributed by atoms with E-state index in [-0.39, 0.29) is 5.75 Å². The summed E-state index contributed by atoms with van der Waals surface area (Å²) in [6.45, 7) is 7.90. The Morgan fingerprint density at radius 2 is 1.76 bits per heavy atom. The van der Waals surface area contributed by atoms with E-state index >= 15 is 0 Å². The minimum absolute atomic E-state index is 0.163. The summed E-state index contributed by atoms with van der Waals surface area (Å²) in [6, 6.07) is 10.3. The highest BCUT2D eigenvalue weighted by atomic mass is 19.1. The number of benzene rings is 2. The van der Waals surface area contributed by atoms with Gasteiger partial charge in [-0.15, -0.1) is 0 Å². The molecule has 3 heteroatoms. The molecule has 0 amide bonds. The Labute approximate surface area is 125 Å². The van der Waals surface area contributed by atoms with Crippen LogP contribution in [0.2, 0.25) is 0 Å². The van der Waals surface area contributed by atoms with Crippen LogP contribution in [0.5, 0.6) is 11.5 Å². The van der Waals surface area contributed by atoms with Crippen molar-refractivity contribution < 1.29 is 14.2 Å². The molecule has 0 spiro atoms. The predicted octanol–water partition coefficient (Wildman–Crippen LogP) is 5.10. The third kappa shape index (κ3) is 3.61. The zero-order valence-corrected chi connectivity index (χ0v) is 12.9. The first-order chi connectivity index (χ1) is 9.88. The van der Waals surface area contributed by atoms with E-state index in [4.69, 9.17) is 4.74 Å². The van der Waals surface area contributed by atoms with Crippen LogP contribution in [0.4, 0.5) is 4.39 Å². The van der Waals surface area contributed by atoms with E-state index < -0.39 is 11.9 Å². The highest BCUT2D eigenvalue weighted by Crippen LogP contribution is 2.29. The fourth-order valence-electron chi connectivity index (χ4n) is 2.35. The second-order valence-electron chi connectivity index (χ2n) is 5.64. The quantitative estimate of drug-likeness (QED) is 0.847. The monoisotopic (exact) mass is 288 g/mol. The van der Waals surface area contributed by atoms with Gasteiger partial charge in [0.1, 0.15) is 5.75 Å². The Morgan fingerprint density at radius 1 is 1.05 bits per heavy atom. The lowest BCUT2D eigenvalue weighted by Gasteiger charge is -2.13. The smallest absolute Gasteiger partial charge is 0.166 e. The Hall–Kier alpha value is -1.87. The van der Waals surface area contributed by atoms with Crippen LogP contribution < -0.4 is 4.74 Å². The maximum absolute atomic E-state index is 14.0. The van der Waals surface area contributed by atoms with Gasteiger partial charge in [-0.3, -0.25) is 0 Å². The number of hydrogen-bond donors (Lipinski definition) is 1. The molecule has 0 bridgehead atoms. The zero-order chi connectivity index (χ0) is 15.6. The molecule has 0 heterocycles. The third-order valence-electron chi connectivity index (χ3n) is 3.53. The number of hydrogen-bond acceptors (Lipinski definition) is 2. The van der Waals surface area contributed by atoms with Gasteiger partial charge in [0.15, 0.2) is 11.6 Å². The first kappa shape index (κ1) is 15.5. The van der Waals surface area contributed by atoms with Gasteiger partial charge in [0.05, 0.1) is 6.10 Å². The van der Waals surface area contributed by atoms with Gasteiger partial charge in [-0.25, -0.2) is 4.39 Å². The normalized spacial score (nSPS) is 12.5. The van der Waals surface area contributed by atoms with Crippen LogP contribution in [-0.2, 0) is 0 Å². The minimum atomic E-state index is -0.693. The van der Waals surface area contributed by atoms with Crippen LogP contribution in [0.25, 0.3) is 0 Å². The van der Waals surface area contributed by atoms with Gasteiger partial charge in [0, 0.05) is 0 Å². The van der Waals surface area contributed by atoms with Gasteiger partial charge in [-0.2, -0.15) is 0 Å². The molecule has 0 fully saturated rings. The van der Waals surface area contributed by atoms with Gasteiger partial charge >= 0.3 is 0 Å². The molecule has 0 aliphatic rings. The first-order valence-corrected chi connectivity index (χ1v) is 7.14. The maximum atomic E-state index is 14.0. The standard InChI is InChI=1S/C18H21FO2/c1-11(2)16-7-6-15(9-12(16)3)21-18-8-5-14(13(4)20)10-17(18)19/h5-11,13,20H,1-4H3/t13-/m1/s1. The van der Waals surface area contributed by atoms with Crippen LogP contribution in [0.3, 0.4) is 0 Å². The van der Waals surface area contributed by atoms with Crippen molar-refractivity contribution in [1.29, 1.82) is 0 Å². The molecule has 2 aromatic carbocycles. The number of aryl methyl sites for hydroxylation is 1. The van der Waals surface area contributed by atoms with Crippen LogP contribution >= 0.6 is 0 Å². The van der Waals surface area contributed by atoms with E-state index in [1.807, 2.05) is 25.1 Å². The molecule has 0 radical (unpaired) electrons. The van der Waals surface area contributed by atoms with E-state index in [2.05, 4.69) is 13.8 Å². The minimum Gasteiger partial charge on any atom is -0.454 e. The van der Waals surface area contributed by atoms with E-state index in [0.29, 0.717) is 17.2 Å². The second kappa shape index (κ2) is 6.27. The molecule has 2 aromatic rings. The van der Waals surface area contributed by atoms with Crippen LogP contribution in [0.1, 0.15) is 49.5 Å². The van der Waals surface area contributed by atoms with Gasteiger partial charge in [0.2, 0.25) is 0 Å². The summed E-state index contributed by atoms with van der Waals surface area (Å²) >= 11 is 0. The average Bonchev–Trinajstić information content (AvgIpc) is 2.40. The van der Waals surface area contributed by atoms with Crippen LogP contribution in [0, 0.1) is 12.7 Å². The molecule has 1 atom stereocenters. The van der Waals surface area contributed by atoms with Crippen molar-refractivity contribution in [3.63, 3.8) is 0 Å². The van der Waals surface area contributed by atoms with Gasteiger partial charge in [-0.1, -0.05) is 26.0 Å². The summed E-state index contributed by atoms with van der Waals surface area (Å²) in [5, 5.41) is 9.44. The molecule has 0 unspecified atom stereocenters. The molecular weight excluding hydrogens is 267 g/mol. The molecule has 21 heavy (non-hydrogen) atoms. The summed E-state index contributed by atoms with van der Waals surface area (Å²) < 4.78 is 19.6. The van der Waals surface area contributed by atoms with Crippen molar-refractivity contribution in [2.45, 2.75) is 39.7 Å². The van der Waals surface area contributed by atoms with E-state index in [1.165, 1.54) is 11.6 Å². The summed E-state index contributed by atoms with van der Waals surface area (Å²) in [4.78, 5) is 0. The average molecular weight is 288 g/mol. The van der Waals surface area contributed by atoms with Crippen molar-refractivity contribution in [2.24, 2.45) is 0 Å². The SMILES string of the molecule is Cc1cc(Oc2ccc([C@@H](C)O)cc2F)ccc1C(C)C. The van der Waals surface area contributed by atoms with Crippen LogP contribution in [0.15, 0.2) is 36.4 Å². The lowest BCUT2D eigenvalue weighted by molar-refractivity contribution is 0.198. The molecule has 0 saturated carbocycles. The Bertz CT molecular complexity index is 633. The number of aliphatic hydroxyl groups excluding tert-OH is 1. The summed E-state index contributed by atoms with van der Waals surface area (Å²) in [5.41, 5.74) is 2.92. The number of ether oxygens (including phenoxy) is 1. The molecule has 1 N–H and O–H groups in total. The molecule has 0 saturated heterocycles. The molecule has 0 aliphatic heterocycles. The van der Waals surface area contributed by atoms with Crippen molar-refractivity contribution >= 4 is 0 Å². The van der Waals surface area contributed by atoms with E-state index in [0.717, 1.165) is 5.56 Å². The van der Waals surface area contributed by atoms with Gasteiger partial charge < -0.3 is 9.84 Å². The molecule has 2 nitrogen and oxygen atoms in total. The molecule has 0 aromatic heterocycles. The lowest BCUT2D eigenvalue weighted by Crippen LogP contribution is -1.96. The first-order valence-electron chi connectivity index (χ1n) is 7.14. The Morgan fingerprint density at radius 3 is 2.29 bits per heavy atom. The predicted molar refractivity (Wildman–Crippen MR) is 82.4 cm³/mol. The number of halogens is 1. The third-order valence-corrected chi connectivity index (χ3v) is 3.53. The fraction of sp³-hybridized carbons (Fsp3) is 0.333. The molecule has 0 aliphatic carbocycles. The summed E-state index contributed by atoms with van der Waals surface area (Å²) in [6.07, 6.45) is -0.693. The summed E-state index contributed by atoms with van der Waals surface area (Å²) in [7, 11) is 0. The fourth-order valence-corrected chi connectivity index (χ4v) is 2.35. The Kier molecular flexibility index (Phi) is 4.63. The number of aliphatic hydroxyl groups is 1. The highest BCUT2D eigenvalue weighted by Gasteiger charge is 2.10. The van der Waals surface area contributed by atoms with Crippen molar-refractivity contribution in [1.82, 2.24) is 0 Å². The van der Waals surface area contributed by atoms with Crippen LogP contribution in [-0.4, -0.2) is 5.11 Å². The molecular formula is C18H21FO2. The van der Waals surface area contributed by atoms with Gasteiger partial charge in [0.25, 0.3) is 0 Å².